The van der Waals surface area contributed by atoms with Gasteiger partial charge in [0.25, 0.3) is 0 Å². The van der Waals surface area contributed by atoms with Crippen molar-refractivity contribution in [3.63, 3.8) is 0 Å². The SMILES string of the molecule is CN(CCCCNC(=O)Nc1ccc(C(C)(C)C)cc1)C[C@H]1O[C@@H](n2cnc3c(N)ncnc32)C(O)C1O. The molecule has 3 aromatic rings. The monoisotopic (exact) mass is 526 g/mol. The summed E-state index contributed by atoms with van der Waals surface area (Å²) in [4.78, 5) is 26.5. The van der Waals surface area contributed by atoms with Crippen molar-refractivity contribution < 1.29 is 19.7 Å². The van der Waals surface area contributed by atoms with Gasteiger partial charge in [0, 0.05) is 18.8 Å². The molecule has 0 bridgehead atoms. The lowest BCUT2D eigenvalue weighted by Crippen LogP contribution is -2.39. The molecule has 4 rings (SSSR count). The molecular formula is C26H38N8O4. The molecule has 0 saturated carbocycles. The van der Waals surface area contributed by atoms with Crippen molar-refractivity contribution in [3.8, 4) is 0 Å². The highest BCUT2D eigenvalue weighted by Crippen LogP contribution is 2.32. The second-order valence-electron chi connectivity index (χ2n) is 10.8. The molecule has 1 aliphatic heterocycles. The molecule has 0 radical (unpaired) electrons. The summed E-state index contributed by atoms with van der Waals surface area (Å²) in [6, 6.07) is 7.64. The number of anilines is 2. The molecule has 1 fully saturated rings. The molecule has 38 heavy (non-hydrogen) atoms. The molecule has 1 saturated heterocycles. The third kappa shape index (κ3) is 6.38. The van der Waals surface area contributed by atoms with E-state index in [0.29, 0.717) is 24.3 Å². The molecule has 4 atom stereocenters. The number of benzene rings is 1. The van der Waals surface area contributed by atoms with E-state index in [9.17, 15) is 15.0 Å². The van der Waals surface area contributed by atoms with Crippen LogP contribution in [0.25, 0.3) is 11.2 Å². The number of nitrogens with two attached hydrogens (primary N) is 1. The highest BCUT2D eigenvalue weighted by Gasteiger charge is 2.44. The van der Waals surface area contributed by atoms with Crippen LogP contribution in [0.5, 0.6) is 0 Å². The van der Waals surface area contributed by atoms with Gasteiger partial charge in [-0.25, -0.2) is 19.7 Å². The number of likely N-dealkylation sites (N-methyl/N-ethyl adjacent to an activating group) is 1. The van der Waals surface area contributed by atoms with Gasteiger partial charge in [-0.2, -0.15) is 0 Å². The lowest BCUT2D eigenvalue weighted by Gasteiger charge is -2.22. The predicted octanol–water partition coefficient (Wildman–Crippen LogP) is 1.86. The fourth-order valence-corrected chi connectivity index (χ4v) is 4.50. The zero-order valence-corrected chi connectivity index (χ0v) is 22.3. The Hall–Kier alpha value is -3.32. The minimum absolute atomic E-state index is 0.0663. The first-order chi connectivity index (χ1) is 18.0. The lowest BCUT2D eigenvalue weighted by molar-refractivity contribution is -0.0422. The molecule has 12 heteroatoms. The number of aliphatic hydroxyl groups is 2. The van der Waals surface area contributed by atoms with Gasteiger partial charge in [-0.05, 0) is 49.5 Å². The zero-order chi connectivity index (χ0) is 27.4. The Morgan fingerprint density at radius 1 is 1.13 bits per heavy atom. The Morgan fingerprint density at radius 3 is 2.58 bits per heavy atom. The maximum atomic E-state index is 12.2. The number of ether oxygens (including phenoxy) is 1. The van der Waals surface area contributed by atoms with Gasteiger partial charge in [-0.3, -0.25) is 4.57 Å². The Bertz CT molecular complexity index is 1230. The number of nitrogens with zero attached hydrogens (tertiary/aromatic N) is 5. The average molecular weight is 527 g/mol. The number of carbonyl (C=O) groups is 1. The number of carbonyl (C=O) groups excluding carboxylic acids is 1. The lowest BCUT2D eigenvalue weighted by atomic mass is 9.87. The van der Waals surface area contributed by atoms with Gasteiger partial charge in [0.15, 0.2) is 17.7 Å². The quantitative estimate of drug-likeness (QED) is 0.262. The molecule has 3 heterocycles. The summed E-state index contributed by atoms with van der Waals surface area (Å²) < 4.78 is 7.57. The van der Waals surface area contributed by atoms with E-state index in [-0.39, 0.29) is 17.3 Å². The van der Waals surface area contributed by atoms with E-state index in [1.165, 1.54) is 18.2 Å². The number of urea groups is 1. The van der Waals surface area contributed by atoms with Crippen LogP contribution in [0.2, 0.25) is 0 Å². The van der Waals surface area contributed by atoms with E-state index in [2.05, 4.69) is 46.4 Å². The van der Waals surface area contributed by atoms with Gasteiger partial charge in [0.2, 0.25) is 0 Å². The number of aliphatic hydroxyl groups excluding tert-OH is 2. The summed E-state index contributed by atoms with van der Waals surface area (Å²) in [7, 11) is 1.93. The topological polar surface area (TPSA) is 164 Å². The first kappa shape index (κ1) is 27.7. The Kier molecular flexibility index (Phi) is 8.46. The van der Waals surface area contributed by atoms with Gasteiger partial charge in [-0.15, -0.1) is 0 Å². The maximum Gasteiger partial charge on any atom is 0.319 e. The summed E-state index contributed by atoms with van der Waals surface area (Å²) >= 11 is 0. The normalized spacial score (nSPS) is 21.8. The fraction of sp³-hybridized carbons (Fsp3) is 0.538. The third-order valence-electron chi connectivity index (χ3n) is 6.75. The van der Waals surface area contributed by atoms with Crippen molar-refractivity contribution in [1.29, 1.82) is 0 Å². The molecule has 0 spiro atoms. The fourth-order valence-electron chi connectivity index (χ4n) is 4.50. The number of aromatic nitrogens is 4. The van der Waals surface area contributed by atoms with Gasteiger partial charge in [-0.1, -0.05) is 32.9 Å². The van der Waals surface area contributed by atoms with Gasteiger partial charge in [0.05, 0.1) is 6.33 Å². The minimum Gasteiger partial charge on any atom is -0.387 e. The van der Waals surface area contributed by atoms with Crippen molar-refractivity contribution in [2.45, 2.75) is 63.6 Å². The van der Waals surface area contributed by atoms with Crippen LogP contribution in [0.1, 0.15) is 45.4 Å². The second-order valence-corrected chi connectivity index (χ2v) is 10.8. The summed E-state index contributed by atoms with van der Waals surface area (Å²) in [5.41, 5.74) is 8.73. The van der Waals surface area contributed by atoms with Crippen LogP contribution in [0.3, 0.4) is 0 Å². The highest BCUT2D eigenvalue weighted by atomic mass is 16.6. The highest BCUT2D eigenvalue weighted by molar-refractivity contribution is 5.89. The van der Waals surface area contributed by atoms with Crippen LogP contribution in [-0.4, -0.2) is 85.7 Å². The van der Waals surface area contributed by atoms with Gasteiger partial charge >= 0.3 is 6.03 Å². The average Bonchev–Trinajstić information content (AvgIpc) is 3.41. The van der Waals surface area contributed by atoms with E-state index in [1.54, 1.807) is 4.57 Å². The van der Waals surface area contributed by atoms with Crippen molar-refractivity contribution in [1.82, 2.24) is 29.7 Å². The number of fused-ring (bicyclic) bond motifs is 1. The van der Waals surface area contributed by atoms with Crippen LogP contribution in [0.15, 0.2) is 36.9 Å². The van der Waals surface area contributed by atoms with Gasteiger partial charge in [0.1, 0.15) is 30.2 Å². The standard InChI is InChI=1S/C26H38N8O4/c1-26(2,3)16-7-9-17(10-8-16)32-25(37)28-11-5-6-12-33(4)13-18-20(35)21(36)24(38-18)34-15-31-19-22(27)29-14-30-23(19)34/h7-10,14-15,18,20-21,24,35-36H,5-6,11-13H2,1-4H3,(H2,27,29,30)(H2,28,32,37)/t18-,20?,21?,24-/m1/s1. The molecule has 12 nitrogen and oxygen atoms in total. The van der Waals surface area contributed by atoms with Crippen LogP contribution >= 0.6 is 0 Å². The Labute approximate surface area is 222 Å². The van der Waals surface area contributed by atoms with Crippen molar-refractivity contribution in [2.75, 3.05) is 37.7 Å². The van der Waals surface area contributed by atoms with Crippen LogP contribution < -0.4 is 16.4 Å². The maximum absolute atomic E-state index is 12.2. The molecule has 6 N–H and O–H groups in total. The number of hydrogen-bond donors (Lipinski definition) is 5. The van der Waals surface area contributed by atoms with E-state index in [0.717, 1.165) is 25.1 Å². The molecule has 2 aromatic heterocycles. The van der Waals surface area contributed by atoms with Crippen LogP contribution in [0.4, 0.5) is 16.3 Å². The molecule has 2 amide bonds. The third-order valence-corrected chi connectivity index (χ3v) is 6.75. The van der Waals surface area contributed by atoms with E-state index < -0.39 is 24.5 Å². The largest absolute Gasteiger partial charge is 0.387 e. The molecule has 1 aromatic carbocycles. The van der Waals surface area contributed by atoms with Crippen molar-refractivity contribution in [2.24, 2.45) is 0 Å². The minimum atomic E-state index is -1.14. The Balaban J connectivity index is 1.17. The van der Waals surface area contributed by atoms with Crippen molar-refractivity contribution in [3.05, 3.63) is 42.5 Å². The number of hydrogen-bond acceptors (Lipinski definition) is 9. The predicted molar refractivity (Wildman–Crippen MR) is 145 cm³/mol. The molecule has 1 aliphatic rings. The van der Waals surface area contributed by atoms with E-state index >= 15 is 0 Å². The van der Waals surface area contributed by atoms with Crippen LogP contribution in [0, 0.1) is 0 Å². The second kappa shape index (κ2) is 11.6. The molecule has 206 valence electrons. The summed E-state index contributed by atoms with van der Waals surface area (Å²) in [5.74, 6) is 0.236. The number of nitrogen functional groups attached to an aromatic ring is 1. The number of unbranched alkanes of at least 4 members (excludes halogenated alkanes) is 1. The smallest absolute Gasteiger partial charge is 0.319 e. The van der Waals surface area contributed by atoms with Gasteiger partial charge < -0.3 is 36.2 Å². The van der Waals surface area contributed by atoms with E-state index in [1.807, 2.05) is 36.2 Å². The Morgan fingerprint density at radius 2 is 1.87 bits per heavy atom. The van der Waals surface area contributed by atoms with E-state index in [4.69, 9.17) is 10.5 Å². The summed E-state index contributed by atoms with van der Waals surface area (Å²) in [6.45, 7) is 8.16. The number of nitrogens with one attached hydrogen (secondary N) is 2. The molecular weight excluding hydrogens is 488 g/mol. The summed E-state index contributed by atoms with van der Waals surface area (Å²) in [6.07, 6.45) is 0.793. The first-order valence-electron chi connectivity index (χ1n) is 12.8. The van der Waals surface area contributed by atoms with Crippen molar-refractivity contribution >= 4 is 28.7 Å². The summed E-state index contributed by atoms with van der Waals surface area (Å²) in [5, 5.41) is 27.0. The number of imidazole rings is 1. The number of rotatable bonds is 9. The molecule has 0 aliphatic carbocycles. The number of amides is 2. The molecule has 2 unspecified atom stereocenters. The first-order valence-corrected chi connectivity index (χ1v) is 12.8. The van der Waals surface area contributed by atoms with Crippen LogP contribution in [-0.2, 0) is 10.2 Å². The zero-order valence-electron chi connectivity index (χ0n) is 22.3.